The van der Waals surface area contributed by atoms with Crippen LogP contribution in [0.15, 0.2) is 18.2 Å². The molecule has 0 spiro atoms. The molecule has 4 nitrogen and oxygen atoms in total. The van der Waals surface area contributed by atoms with Crippen molar-refractivity contribution in [3.8, 4) is 18.1 Å². The Labute approximate surface area is 108 Å². The molecule has 0 saturated carbocycles. The van der Waals surface area contributed by atoms with Crippen molar-refractivity contribution in [1.82, 2.24) is 4.90 Å². The van der Waals surface area contributed by atoms with Crippen LogP contribution in [-0.2, 0) is 0 Å². The van der Waals surface area contributed by atoms with Crippen molar-refractivity contribution < 1.29 is 9.53 Å². The normalized spacial score (nSPS) is 9.61. The van der Waals surface area contributed by atoms with Gasteiger partial charge in [0.15, 0.2) is 0 Å². The number of ether oxygens (including phenoxy) is 1. The van der Waals surface area contributed by atoms with E-state index in [-0.39, 0.29) is 5.91 Å². The second-order valence-electron chi connectivity index (χ2n) is 3.89. The van der Waals surface area contributed by atoms with Crippen molar-refractivity contribution in [2.24, 2.45) is 0 Å². The quantitative estimate of drug-likeness (QED) is 0.636. The van der Waals surface area contributed by atoms with Crippen molar-refractivity contribution in [1.29, 1.82) is 0 Å². The van der Waals surface area contributed by atoms with Gasteiger partial charge in [-0.15, -0.1) is 6.42 Å². The lowest BCUT2D eigenvalue weighted by molar-refractivity contribution is 0.0777. The zero-order chi connectivity index (χ0) is 13.5. The van der Waals surface area contributed by atoms with Crippen LogP contribution in [0.2, 0.25) is 0 Å². The van der Waals surface area contributed by atoms with Crippen molar-refractivity contribution >= 4 is 11.6 Å². The highest BCUT2D eigenvalue weighted by molar-refractivity contribution is 5.95. The lowest BCUT2D eigenvalue weighted by Gasteiger charge is -2.19. The van der Waals surface area contributed by atoms with E-state index in [0.717, 1.165) is 6.42 Å². The second kappa shape index (κ2) is 6.55. The van der Waals surface area contributed by atoms with Gasteiger partial charge in [-0.05, 0) is 24.6 Å². The van der Waals surface area contributed by atoms with Crippen molar-refractivity contribution in [2.45, 2.75) is 13.3 Å². The monoisotopic (exact) mass is 246 g/mol. The van der Waals surface area contributed by atoms with Gasteiger partial charge < -0.3 is 15.4 Å². The molecule has 2 N–H and O–H groups in total. The fourth-order valence-corrected chi connectivity index (χ4v) is 1.68. The van der Waals surface area contributed by atoms with Gasteiger partial charge in [0.2, 0.25) is 0 Å². The SMILES string of the molecule is C#CCN(CCC)C(=O)c1ccc(OC)c(N)c1. The van der Waals surface area contributed by atoms with E-state index in [4.69, 9.17) is 16.9 Å². The average molecular weight is 246 g/mol. The molecule has 4 heteroatoms. The highest BCUT2D eigenvalue weighted by Crippen LogP contribution is 2.22. The van der Waals surface area contributed by atoms with Gasteiger partial charge in [0.25, 0.3) is 5.91 Å². The third-order valence-electron chi connectivity index (χ3n) is 2.54. The second-order valence-corrected chi connectivity index (χ2v) is 3.89. The standard InChI is InChI=1S/C14H18N2O2/c1-4-8-16(9-5-2)14(17)11-6-7-13(18-3)12(15)10-11/h1,6-7,10H,5,8-9,15H2,2-3H3. The number of carbonyl (C=O) groups is 1. The number of rotatable bonds is 5. The number of hydrogen-bond donors (Lipinski definition) is 1. The molecule has 0 radical (unpaired) electrons. The maximum absolute atomic E-state index is 12.2. The van der Waals surface area contributed by atoms with Crippen LogP contribution in [0.1, 0.15) is 23.7 Å². The molecule has 1 aromatic rings. The predicted octanol–water partition coefficient (Wildman–Crippen LogP) is 1.76. The van der Waals surface area contributed by atoms with E-state index < -0.39 is 0 Å². The number of nitrogens with zero attached hydrogens (tertiary/aromatic N) is 1. The number of carbonyl (C=O) groups excluding carboxylic acids is 1. The first-order chi connectivity index (χ1) is 8.63. The molecule has 0 atom stereocenters. The van der Waals surface area contributed by atoms with Crippen LogP contribution < -0.4 is 10.5 Å². The minimum absolute atomic E-state index is 0.107. The summed E-state index contributed by atoms with van der Waals surface area (Å²) in [6.45, 7) is 2.94. The fourth-order valence-electron chi connectivity index (χ4n) is 1.68. The molecule has 0 bridgehead atoms. The van der Waals surface area contributed by atoms with Crippen LogP contribution in [-0.4, -0.2) is 31.0 Å². The lowest BCUT2D eigenvalue weighted by Crippen LogP contribution is -2.32. The third-order valence-corrected chi connectivity index (χ3v) is 2.54. The van der Waals surface area contributed by atoms with Gasteiger partial charge >= 0.3 is 0 Å². The Kier molecular flexibility index (Phi) is 5.06. The Morgan fingerprint density at radius 1 is 1.56 bits per heavy atom. The van der Waals surface area contributed by atoms with Crippen LogP contribution in [0.4, 0.5) is 5.69 Å². The molecular weight excluding hydrogens is 228 g/mol. The minimum Gasteiger partial charge on any atom is -0.495 e. The summed E-state index contributed by atoms with van der Waals surface area (Å²) in [7, 11) is 1.54. The van der Waals surface area contributed by atoms with E-state index >= 15 is 0 Å². The number of anilines is 1. The van der Waals surface area contributed by atoms with Crippen LogP contribution in [0.3, 0.4) is 0 Å². The number of hydrogen-bond acceptors (Lipinski definition) is 3. The number of terminal acetylenes is 1. The van der Waals surface area contributed by atoms with E-state index in [1.54, 1.807) is 23.1 Å². The largest absolute Gasteiger partial charge is 0.495 e. The molecule has 0 aliphatic rings. The third kappa shape index (κ3) is 3.17. The summed E-state index contributed by atoms with van der Waals surface area (Å²) in [6, 6.07) is 4.99. The lowest BCUT2D eigenvalue weighted by atomic mass is 10.1. The molecule has 0 saturated heterocycles. The van der Waals surface area contributed by atoms with Gasteiger partial charge in [-0.1, -0.05) is 12.8 Å². The molecule has 18 heavy (non-hydrogen) atoms. The summed E-state index contributed by atoms with van der Waals surface area (Å²) < 4.78 is 5.05. The number of benzene rings is 1. The fraction of sp³-hybridized carbons (Fsp3) is 0.357. The van der Waals surface area contributed by atoms with Gasteiger partial charge in [-0.2, -0.15) is 0 Å². The molecule has 1 amide bonds. The molecule has 0 fully saturated rings. The molecule has 0 aromatic heterocycles. The van der Waals surface area contributed by atoms with Crippen molar-refractivity contribution in [2.75, 3.05) is 25.9 Å². The van der Waals surface area contributed by atoms with Crippen LogP contribution in [0.25, 0.3) is 0 Å². The molecule has 0 unspecified atom stereocenters. The Balaban J connectivity index is 2.95. The predicted molar refractivity (Wildman–Crippen MR) is 72.4 cm³/mol. The highest BCUT2D eigenvalue weighted by Gasteiger charge is 2.15. The Morgan fingerprint density at radius 3 is 2.78 bits per heavy atom. The first-order valence-electron chi connectivity index (χ1n) is 5.80. The summed E-state index contributed by atoms with van der Waals surface area (Å²) in [6.07, 6.45) is 6.12. The Bertz CT molecular complexity index is 463. The van der Waals surface area contributed by atoms with Crippen LogP contribution in [0.5, 0.6) is 5.75 Å². The molecule has 0 aliphatic heterocycles. The van der Waals surface area contributed by atoms with Gasteiger partial charge in [0, 0.05) is 12.1 Å². The van der Waals surface area contributed by atoms with Gasteiger partial charge in [0.1, 0.15) is 5.75 Å². The van der Waals surface area contributed by atoms with Crippen molar-refractivity contribution in [3.05, 3.63) is 23.8 Å². The zero-order valence-corrected chi connectivity index (χ0v) is 10.8. The maximum atomic E-state index is 12.2. The molecule has 1 rings (SSSR count). The first-order valence-corrected chi connectivity index (χ1v) is 5.80. The average Bonchev–Trinajstić information content (AvgIpc) is 2.37. The molecular formula is C14H18N2O2. The smallest absolute Gasteiger partial charge is 0.254 e. The van der Waals surface area contributed by atoms with E-state index in [1.165, 1.54) is 7.11 Å². The highest BCUT2D eigenvalue weighted by atomic mass is 16.5. The molecule has 0 heterocycles. The van der Waals surface area contributed by atoms with Gasteiger partial charge in [-0.25, -0.2) is 0 Å². The minimum atomic E-state index is -0.107. The summed E-state index contributed by atoms with van der Waals surface area (Å²) in [4.78, 5) is 13.8. The number of nitrogens with two attached hydrogens (primary N) is 1. The van der Waals surface area contributed by atoms with E-state index in [1.807, 2.05) is 6.92 Å². The number of methoxy groups -OCH3 is 1. The van der Waals surface area contributed by atoms with Crippen molar-refractivity contribution in [3.63, 3.8) is 0 Å². The van der Waals surface area contributed by atoms with E-state index in [9.17, 15) is 4.79 Å². The molecule has 0 aliphatic carbocycles. The topological polar surface area (TPSA) is 55.6 Å². The van der Waals surface area contributed by atoms with E-state index in [0.29, 0.717) is 30.1 Å². The number of nitrogen functional groups attached to an aromatic ring is 1. The summed E-state index contributed by atoms with van der Waals surface area (Å²) in [5.41, 5.74) is 6.75. The van der Waals surface area contributed by atoms with Gasteiger partial charge in [0.05, 0.1) is 19.3 Å². The van der Waals surface area contributed by atoms with E-state index in [2.05, 4.69) is 5.92 Å². The summed E-state index contributed by atoms with van der Waals surface area (Å²) in [5, 5.41) is 0. The summed E-state index contributed by atoms with van der Waals surface area (Å²) >= 11 is 0. The molecule has 1 aromatic carbocycles. The van der Waals surface area contributed by atoms with Gasteiger partial charge in [-0.3, -0.25) is 4.79 Å². The zero-order valence-electron chi connectivity index (χ0n) is 10.8. The van der Waals surface area contributed by atoms with Crippen LogP contribution >= 0.6 is 0 Å². The maximum Gasteiger partial charge on any atom is 0.254 e. The summed E-state index contributed by atoms with van der Waals surface area (Å²) in [5.74, 6) is 2.94. The number of amides is 1. The van der Waals surface area contributed by atoms with Crippen LogP contribution in [0, 0.1) is 12.3 Å². The molecule has 96 valence electrons. The Hall–Kier alpha value is -2.15. The first kappa shape index (κ1) is 13.9. The Morgan fingerprint density at radius 2 is 2.28 bits per heavy atom.